The topological polar surface area (TPSA) is 81.1 Å². The fourth-order valence-electron chi connectivity index (χ4n) is 2.00. The lowest BCUT2D eigenvalue weighted by Gasteiger charge is -2.22. The molecule has 2 heterocycles. The van der Waals surface area contributed by atoms with Crippen LogP contribution in [0.25, 0.3) is 5.69 Å². The quantitative estimate of drug-likeness (QED) is 0.834. The van der Waals surface area contributed by atoms with Crippen LogP contribution in [0.1, 0.15) is 0 Å². The normalized spacial score (nSPS) is 18.7. The molecule has 1 unspecified atom stereocenters. The second-order valence-corrected chi connectivity index (χ2v) is 4.44. The highest BCUT2D eigenvalue weighted by Crippen LogP contribution is 2.13. The number of nitrogens with zero attached hydrogens (tertiary/aromatic N) is 3. The molecule has 2 N–H and O–H groups in total. The van der Waals surface area contributed by atoms with Crippen LogP contribution in [0.3, 0.4) is 0 Å². The number of hydrogen-bond acceptors (Lipinski definition) is 5. The highest BCUT2D eigenvalue weighted by atomic mass is 16.5. The number of carbonyl (C=O) groups is 1. The lowest BCUT2D eigenvalue weighted by atomic mass is 10.2. The molecule has 1 aromatic carbocycles. The number of amides is 1. The molecule has 1 aliphatic rings. The third-order valence-corrected chi connectivity index (χ3v) is 3.04. The molecule has 1 fully saturated rings. The number of benzene rings is 1. The van der Waals surface area contributed by atoms with Crippen LogP contribution in [0, 0.1) is 0 Å². The Morgan fingerprint density at radius 3 is 2.90 bits per heavy atom. The molecule has 0 spiro atoms. The van der Waals surface area contributed by atoms with Crippen molar-refractivity contribution < 1.29 is 9.53 Å². The molecule has 7 heteroatoms. The van der Waals surface area contributed by atoms with Gasteiger partial charge in [-0.3, -0.25) is 4.79 Å². The van der Waals surface area contributed by atoms with Gasteiger partial charge in [0.15, 0.2) is 0 Å². The van der Waals surface area contributed by atoms with Gasteiger partial charge in [-0.25, -0.2) is 9.67 Å². The number of carbonyl (C=O) groups excluding carboxylic acids is 1. The van der Waals surface area contributed by atoms with Crippen molar-refractivity contribution in [1.29, 1.82) is 0 Å². The molecule has 3 rings (SSSR count). The van der Waals surface area contributed by atoms with Crippen molar-refractivity contribution in [3.8, 4) is 5.69 Å². The van der Waals surface area contributed by atoms with Crippen molar-refractivity contribution in [2.45, 2.75) is 6.10 Å². The molecule has 1 saturated heterocycles. The van der Waals surface area contributed by atoms with Gasteiger partial charge in [-0.15, -0.1) is 0 Å². The largest absolute Gasteiger partial charge is 0.366 e. The smallest absolute Gasteiger partial charge is 0.254 e. The molecule has 2 aromatic rings. The Hall–Kier alpha value is -2.25. The molecule has 1 aromatic heterocycles. The fraction of sp³-hybridized carbons (Fsp3) is 0.308. The molecule has 1 amide bonds. The molecule has 20 heavy (non-hydrogen) atoms. The lowest BCUT2D eigenvalue weighted by Crippen LogP contribution is -2.45. The summed E-state index contributed by atoms with van der Waals surface area (Å²) in [6, 6.07) is 7.38. The second-order valence-electron chi connectivity index (χ2n) is 4.44. The van der Waals surface area contributed by atoms with Crippen LogP contribution in [0.2, 0.25) is 0 Å². The number of nitrogens with one attached hydrogen (secondary N) is 2. The highest BCUT2D eigenvalue weighted by molar-refractivity contribution is 5.94. The third kappa shape index (κ3) is 2.84. The van der Waals surface area contributed by atoms with Crippen LogP contribution >= 0.6 is 0 Å². The maximum atomic E-state index is 12.0. The number of aromatic nitrogens is 3. The second kappa shape index (κ2) is 5.81. The monoisotopic (exact) mass is 273 g/mol. The first-order valence-electron chi connectivity index (χ1n) is 6.41. The molecule has 0 bridgehead atoms. The van der Waals surface area contributed by atoms with E-state index in [0.29, 0.717) is 13.2 Å². The van der Waals surface area contributed by atoms with Gasteiger partial charge in [0.25, 0.3) is 5.91 Å². The Labute approximate surface area is 116 Å². The van der Waals surface area contributed by atoms with E-state index >= 15 is 0 Å². The summed E-state index contributed by atoms with van der Waals surface area (Å²) in [5.74, 6) is -0.134. The molecule has 104 valence electrons. The van der Waals surface area contributed by atoms with Gasteiger partial charge in [0.05, 0.1) is 12.3 Å². The lowest BCUT2D eigenvalue weighted by molar-refractivity contribution is -0.128. The molecular formula is C13H15N5O2. The molecule has 0 saturated carbocycles. The maximum absolute atomic E-state index is 12.0. The van der Waals surface area contributed by atoms with E-state index in [9.17, 15) is 4.79 Å². The van der Waals surface area contributed by atoms with Crippen molar-refractivity contribution in [3.05, 3.63) is 36.9 Å². The first-order valence-corrected chi connectivity index (χ1v) is 6.41. The highest BCUT2D eigenvalue weighted by Gasteiger charge is 2.21. The average Bonchev–Trinajstić information content (AvgIpc) is 3.03. The fourth-order valence-corrected chi connectivity index (χ4v) is 2.00. The summed E-state index contributed by atoms with van der Waals surface area (Å²) < 4.78 is 7.05. The van der Waals surface area contributed by atoms with Gasteiger partial charge in [0.1, 0.15) is 18.8 Å². The van der Waals surface area contributed by atoms with Gasteiger partial charge in [0, 0.05) is 18.8 Å². The molecule has 0 radical (unpaired) electrons. The molecule has 7 nitrogen and oxygen atoms in total. The van der Waals surface area contributed by atoms with Gasteiger partial charge in [-0.1, -0.05) is 0 Å². The van der Waals surface area contributed by atoms with Gasteiger partial charge in [0.2, 0.25) is 0 Å². The van der Waals surface area contributed by atoms with Crippen molar-refractivity contribution in [3.63, 3.8) is 0 Å². The summed E-state index contributed by atoms with van der Waals surface area (Å²) >= 11 is 0. The summed E-state index contributed by atoms with van der Waals surface area (Å²) in [5, 5.41) is 10.0. The Morgan fingerprint density at radius 1 is 1.40 bits per heavy atom. The van der Waals surface area contributed by atoms with Gasteiger partial charge in [-0.2, -0.15) is 5.10 Å². The summed E-state index contributed by atoms with van der Waals surface area (Å²) in [5.41, 5.74) is 1.61. The van der Waals surface area contributed by atoms with Crippen LogP contribution in [0.4, 0.5) is 5.69 Å². The molecule has 0 aliphatic carbocycles. The Kier molecular flexibility index (Phi) is 3.71. The number of rotatable bonds is 3. The SMILES string of the molecule is O=C(Nc1ccc(-n2cncn2)cc1)C1CNCCO1. The third-order valence-electron chi connectivity index (χ3n) is 3.04. The van der Waals surface area contributed by atoms with Crippen LogP contribution in [0.5, 0.6) is 0 Å². The molecule has 1 atom stereocenters. The number of anilines is 1. The number of ether oxygens (including phenoxy) is 1. The minimum absolute atomic E-state index is 0.134. The van der Waals surface area contributed by atoms with Crippen molar-refractivity contribution in [2.24, 2.45) is 0 Å². The van der Waals surface area contributed by atoms with Crippen LogP contribution < -0.4 is 10.6 Å². The van der Waals surface area contributed by atoms with E-state index < -0.39 is 6.10 Å². The summed E-state index contributed by atoms with van der Waals surface area (Å²) in [6.45, 7) is 1.89. The van der Waals surface area contributed by atoms with Crippen molar-refractivity contribution in [1.82, 2.24) is 20.1 Å². The van der Waals surface area contributed by atoms with E-state index in [1.165, 1.54) is 6.33 Å². The van der Waals surface area contributed by atoms with E-state index in [-0.39, 0.29) is 5.91 Å². The molecular weight excluding hydrogens is 258 g/mol. The Bertz CT molecular complexity index is 561. The van der Waals surface area contributed by atoms with Crippen molar-refractivity contribution in [2.75, 3.05) is 25.0 Å². The first kappa shape index (κ1) is 12.8. The summed E-state index contributed by atoms with van der Waals surface area (Å²) in [7, 11) is 0. The number of hydrogen-bond donors (Lipinski definition) is 2. The van der Waals surface area contributed by atoms with E-state index in [2.05, 4.69) is 20.7 Å². The maximum Gasteiger partial charge on any atom is 0.254 e. The minimum atomic E-state index is -0.432. The Morgan fingerprint density at radius 2 is 2.25 bits per heavy atom. The van der Waals surface area contributed by atoms with Gasteiger partial charge >= 0.3 is 0 Å². The predicted octanol–water partition coefficient (Wildman–Crippen LogP) is 0.194. The minimum Gasteiger partial charge on any atom is -0.366 e. The zero-order chi connectivity index (χ0) is 13.8. The molecule has 1 aliphatic heterocycles. The van der Waals surface area contributed by atoms with E-state index in [0.717, 1.165) is 17.9 Å². The first-order chi connectivity index (χ1) is 9.83. The van der Waals surface area contributed by atoms with Crippen LogP contribution in [-0.4, -0.2) is 46.5 Å². The zero-order valence-electron chi connectivity index (χ0n) is 10.8. The van der Waals surface area contributed by atoms with E-state index in [1.54, 1.807) is 11.0 Å². The summed E-state index contributed by atoms with van der Waals surface area (Å²) in [4.78, 5) is 15.9. The Balaban J connectivity index is 1.64. The van der Waals surface area contributed by atoms with Crippen LogP contribution in [-0.2, 0) is 9.53 Å². The van der Waals surface area contributed by atoms with Gasteiger partial charge < -0.3 is 15.4 Å². The van der Waals surface area contributed by atoms with Crippen LogP contribution in [0.15, 0.2) is 36.9 Å². The standard InChI is InChI=1S/C13H15N5O2/c19-13(12-7-14-5-6-20-12)17-10-1-3-11(4-2-10)18-9-15-8-16-18/h1-4,8-9,12,14H,5-7H2,(H,17,19). The van der Waals surface area contributed by atoms with E-state index in [4.69, 9.17) is 4.74 Å². The van der Waals surface area contributed by atoms with Crippen molar-refractivity contribution >= 4 is 11.6 Å². The number of morpholine rings is 1. The zero-order valence-corrected chi connectivity index (χ0v) is 10.8. The van der Waals surface area contributed by atoms with E-state index in [1.807, 2.05) is 24.3 Å². The van der Waals surface area contributed by atoms with Gasteiger partial charge in [-0.05, 0) is 24.3 Å². The average molecular weight is 273 g/mol. The predicted molar refractivity (Wildman–Crippen MR) is 72.6 cm³/mol. The summed E-state index contributed by atoms with van der Waals surface area (Å²) in [6.07, 6.45) is 2.66.